The average Bonchev–Trinajstić information content (AvgIpc) is 2.76. The van der Waals surface area contributed by atoms with Crippen LogP contribution < -0.4 is 25.5 Å². The molecule has 2 aromatic carbocycles. The smallest absolute Gasteiger partial charge is 0.308 e. The number of H-pyrrole nitrogens is 2. The number of esters is 2. The molecule has 4 aromatic rings. The number of amides is 1. The van der Waals surface area contributed by atoms with Gasteiger partial charge in [0.25, 0.3) is 11.1 Å². The van der Waals surface area contributed by atoms with Crippen LogP contribution in [0.15, 0.2) is 58.1 Å². The highest BCUT2D eigenvalue weighted by atomic mass is 16.5. The number of nitrogens with one attached hydrogen (secondary N) is 2. The van der Waals surface area contributed by atoms with E-state index in [4.69, 9.17) is 9.47 Å². The van der Waals surface area contributed by atoms with Crippen molar-refractivity contribution in [3.8, 4) is 11.5 Å². The number of ether oxygens (including phenoxy) is 2. The second-order valence-corrected chi connectivity index (χ2v) is 7.40. The van der Waals surface area contributed by atoms with Crippen LogP contribution in [0.2, 0.25) is 0 Å². The van der Waals surface area contributed by atoms with Gasteiger partial charge in [-0.15, -0.1) is 0 Å². The van der Waals surface area contributed by atoms with Gasteiger partial charge in [0.05, 0.1) is 11.0 Å². The fourth-order valence-electron chi connectivity index (χ4n) is 3.73. The van der Waals surface area contributed by atoms with E-state index in [2.05, 4.69) is 9.97 Å². The third-order valence-electron chi connectivity index (χ3n) is 4.95. The predicted octanol–water partition coefficient (Wildman–Crippen LogP) is 2.90. The van der Waals surface area contributed by atoms with Gasteiger partial charge < -0.3 is 19.4 Å². The number of aromatic nitrogens is 2. The van der Waals surface area contributed by atoms with E-state index in [0.717, 1.165) is 25.7 Å². The predicted molar refractivity (Wildman–Crippen MR) is 125 cm³/mol. The summed E-state index contributed by atoms with van der Waals surface area (Å²) in [7, 11) is 0. The molecule has 34 heavy (non-hydrogen) atoms. The molecule has 10 heteroatoms. The highest BCUT2D eigenvalue weighted by Gasteiger charge is 2.31. The number of pyridine rings is 2. The maximum absolute atomic E-state index is 13.2. The van der Waals surface area contributed by atoms with E-state index in [9.17, 15) is 24.0 Å². The Hall–Kier alpha value is -4.73. The van der Waals surface area contributed by atoms with Crippen LogP contribution in [0.25, 0.3) is 21.8 Å². The lowest BCUT2D eigenvalue weighted by atomic mass is 10.1. The molecule has 2 heterocycles. The highest BCUT2D eigenvalue weighted by molar-refractivity contribution is 6.08. The van der Waals surface area contributed by atoms with Crippen molar-refractivity contribution in [3.05, 3.63) is 69.2 Å². The highest BCUT2D eigenvalue weighted by Crippen LogP contribution is 2.40. The standard InChI is InChI=1S/C24H19N3O7/c1-12(28)27(19-21(33-13(2)29)15-8-4-6-10-17(15)25-23(19)31)20-22(34-14(3)30)16-9-5-7-11-18(16)26-24(20)32/h4-11H,1-3H3,(H,25,31)(H,26,32). The van der Waals surface area contributed by atoms with Crippen molar-refractivity contribution in [2.24, 2.45) is 0 Å². The molecule has 0 spiro atoms. The Morgan fingerprint density at radius 2 is 1.06 bits per heavy atom. The van der Waals surface area contributed by atoms with Crippen LogP contribution in [0.4, 0.5) is 11.4 Å². The fourth-order valence-corrected chi connectivity index (χ4v) is 3.73. The lowest BCUT2D eigenvalue weighted by Gasteiger charge is -2.24. The van der Waals surface area contributed by atoms with Gasteiger partial charge in [0, 0.05) is 31.5 Å². The molecular weight excluding hydrogens is 442 g/mol. The van der Waals surface area contributed by atoms with Gasteiger partial charge in [-0.25, -0.2) is 0 Å². The molecule has 2 N–H and O–H groups in total. The van der Waals surface area contributed by atoms with Crippen LogP contribution in [0.5, 0.6) is 11.5 Å². The number of anilines is 2. The van der Waals surface area contributed by atoms with Crippen molar-refractivity contribution < 1.29 is 23.9 Å². The van der Waals surface area contributed by atoms with Gasteiger partial charge in [-0.1, -0.05) is 24.3 Å². The number of fused-ring (bicyclic) bond motifs is 2. The van der Waals surface area contributed by atoms with E-state index in [1.165, 1.54) is 0 Å². The zero-order valence-corrected chi connectivity index (χ0v) is 18.4. The maximum Gasteiger partial charge on any atom is 0.308 e. The molecule has 0 saturated carbocycles. The maximum atomic E-state index is 13.2. The minimum absolute atomic E-state index is 0.219. The molecule has 0 aliphatic heterocycles. The zero-order valence-electron chi connectivity index (χ0n) is 18.4. The van der Waals surface area contributed by atoms with Crippen LogP contribution in [0, 0.1) is 0 Å². The van der Waals surface area contributed by atoms with Crippen LogP contribution in [-0.4, -0.2) is 27.8 Å². The van der Waals surface area contributed by atoms with Crippen molar-refractivity contribution in [3.63, 3.8) is 0 Å². The van der Waals surface area contributed by atoms with Gasteiger partial charge in [-0.2, -0.15) is 0 Å². The van der Waals surface area contributed by atoms with Gasteiger partial charge in [-0.3, -0.25) is 28.9 Å². The molecule has 1 amide bonds. The van der Waals surface area contributed by atoms with Crippen molar-refractivity contribution in [2.45, 2.75) is 20.8 Å². The van der Waals surface area contributed by atoms with Gasteiger partial charge in [0.15, 0.2) is 22.9 Å². The largest absolute Gasteiger partial charge is 0.424 e. The molecule has 172 valence electrons. The van der Waals surface area contributed by atoms with Gasteiger partial charge in [-0.05, 0) is 24.3 Å². The number of aromatic amines is 2. The number of carbonyl (C=O) groups is 3. The number of nitrogens with zero attached hydrogens (tertiary/aromatic N) is 1. The fraction of sp³-hybridized carbons (Fsp3) is 0.125. The molecule has 0 atom stereocenters. The van der Waals surface area contributed by atoms with Crippen LogP contribution in [0.1, 0.15) is 20.8 Å². The Kier molecular flexibility index (Phi) is 5.72. The first kappa shape index (κ1) is 22.5. The number of hydrogen-bond acceptors (Lipinski definition) is 7. The van der Waals surface area contributed by atoms with Gasteiger partial charge in [0.2, 0.25) is 5.91 Å². The Morgan fingerprint density at radius 1 is 0.676 bits per heavy atom. The first-order valence-corrected chi connectivity index (χ1v) is 10.2. The molecule has 10 nitrogen and oxygen atoms in total. The quantitative estimate of drug-likeness (QED) is 0.446. The summed E-state index contributed by atoms with van der Waals surface area (Å²) < 4.78 is 10.7. The minimum Gasteiger partial charge on any atom is -0.424 e. The third kappa shape index (κ3) is 3.92. The normalized spacial score (nSPS) is 10.8. The summed E-state index contributed by atoms with van der Waals surface area (Å²) >= 11 is 0. The van der Waals surface area contributed by atoms with E-state index >= 15 is 0 Å². The summed E-state index contributed by atoms with van der Waals surface area (Å²) in [5.41, 5.74) is -1.71. The third-order valence-corrected chi connectivity index (χ3v) is 4.95. The van der Waals surface area contributed by atoms with E-state index in [0.29, 0.717) is 21.8 Å². The van der Waals surface area contributed by atoms with Crippen LogP contribution >= 0.6 is 0 Å². The molecule has 0 unspecified atom stereocenters. The lowest BCUT2D eigenvalue weighted by Crippen LogP contribution is -2.34. The van der Waals surface area contributed by atoms with Crippen molar-refractivity contribution >= 4 is 51.0 Å². The molecule has 0 bridgehead atoms. The van der Waals surface area contributed by atoms with E-state index in [1.54, 1.807) is 48.5 Å². The first-order valence-electron chi connectivity index (χ1n) is 10.2. The first-order chi connectivity index (χ1) is 16.2. The second kappa shape index (κ2) is 8.66. The number of hydrogen-bond donors (Lipinski definition) is 2. The molecular formula is C24H19N3O7. The Bertz CT molecular complexity index is 1490. The van der Waals surface area contributed by atoms with Crippen molar-refractivity contribution in [2.75, 3.05) is 4.90 Å². The SMILES string of the molecule is CC(=O)Oc1c(N(C(C)=O)c2c(OC(C)=O)c3ccccc3[nH]c2=O)c(=O)[nH]c2ccccc12. The molecule has 0 aliphatic carbocycles. The van der Waals surface area contributed by atoms with E-state index in [1.807, 2.05) is 0 Å². The summed E-state index contributed by atoms with van der Waals surface area (Å²) in [6.45, 7) is 3.41. The topological polar surface area (TPSA) is 139 Å². The number of para-hydroxylation sites is 2. The van der Waals surface area contributed by atoms with E-state index < -0.39 is 40.3 Å². The molecule has 0 fully saturated rings. The Balaban J connectivity index is 2.16. The van der Waals surface area contributed by atoms with Gasteiger partial charge in [0.1, 0.15) is 0 Å². The Morgan fingerprint density at radius 3 is 1.41 bits per heavy atom. The molecule has 0 radical (unpaired) electrons. The summed E-state index contributed by atoms with van der Waals surface area (Å²) in [5, 5.41) is 0.648. The van der Waals surface area contributed by atoms with Gasteiger partial charge >= 0.3 is 11.9 Å². The number of benzene rings is 2. The van der Waals surface area contributed by atoms with Crippen LogP contribution in [0.3, 0.4) is 0 Å². The van der Waals surface area contributed by atoms with E-state index in [-0.39, 0.29) is 11.5 Å². The second-order valence-electron chi connectivity index (χ2n) is 7.40. The molecule has 2 aromatic heterocycles. The molecule has 0 aliphatic rings. The monoisotopic (exact) mass is 461 g/mol. The average molecular weight is 461 g/mol. The minimum atomic E-state index is -0.800. The summed E-state index contributed by atoms with van der Waals surface area (Å²) in [5.74, 6) is -2.68. The van der Waals surface area contributed by atoms with Crippen molar-refractivity contribution in [1.29, 1.82) is 0 Å². The number of carbonyl (C=O) groups excluding carboxylic acids is 3. The van der Waals surface area contributed by atoms with Crippen LogP contribution in [-0.2, 0) is 14.4 Å². The lowest BCUT2D eigenvalue weighted by molar-refractivity contribution is -0.132. The molecule has 0 saturated heterocycles. The summed E-state index contributed by atoms with van der Waals surface area (Å²) in [6, 6.07) is 13.0. The summed E-state index contributed by atoms with van der Waals surface area (Å²) in [6.07, 6.45) is 0. The Labute approximate surface area is 191 Å². The van der Waals surface area contributed by atoms with Crippen molar-refractivity contribution in [1.82, 2.24) is 9.97 Å². The molecule has 4 rings (SSSR count). The zero-order chi connectivity index (χ0) is 24.6. The summed E-state index contributed by atoms with van der Waals surface area (Å²) in [4.78, 5) is 69.2. The number of rotatable bonds is 4.